The molecule has 6 nitrogen and oxygen atoms in total. The smallest absolute Gasteiger partial charge is 0.338 e. The normalized spacial score (nSPS) is 36.3. The Hall–Kier alpha value is -1.47. The van der Waals surface area contributed by atoms with E-state index in [0.717, 1.165) is 64.7 Å². The Morgan fingerprint density at radius 2 is 1.64 bits per heavy atom. The molecule has 0 amide bonds. The molecular weight excluding hydrogens is 582 g/mol. The van der Waals surface area contributed by atoms with Gasteiger partial charge in [0, 0.05) is 12.0 Å². The van der Waals surface area contributed by atoms with Crippen LogP contribution in [0, 0.1) is 52.3 Å². The standard InChI is InChI=1S/C41H69N3O3/c1-28(2)36(45)17-14-29(3)33-15-16-34-38-35(19-21-41(33,34)5)40(4)20-18-32(44-25-11-24-43-23-10-9-22-42)26-31(40)27-37(38)47-39(46)30-12-7-6-8-13-30/h6-8,12-13,28-29,31-38,43-45H,9-11,14-27,42H2,1-5H3/t29-,31?,32-,33+,34?,35?,36?,37?,38?,40-,41+/m0/s1. The average Bonchev–Trinajstić information content (AvgIpc) is 3.42. The van der Waals surface area contributed by atoms with Gasteiger partial charge in [0.2, 0.25) is 0 Å². The molecule has 11 atom stereocenters. The number of esters is 1. The van der Waals surface area contributed by atoms with Crippen molar-refractivity contribution in [2.45, 2.75) is 136 Å². The minimum atomic E-state index is -0.206. The van der Waals surface area contributed by atoms with Crippen LogP contribution in [0.5, 0.6) is 0 Å². The van der Waals surface area contributed by atoms with Crippen LogP contribution in [0.25, 0.3) is 0 Å². The van der Waals surface area contributed by atoms with Gasteiger partial charge in [-0.1, -0.05) is 52.8 Å². The summed E-state index contributed by atoms with van der Waals surface area (Å²) in [5.74, 6) is 3.70. The lowest BCUT2D eigenvalue weighted by Gasteiger charge is -2.63. The Balaban J connectivity index is 1.29. The van der Waals surface area contributed by atoms with Crippen LogP contribution < -0.4 is 16.4 Å². The summed E-state index contributed by atoms with van der Waals surface area (Å²) < 4.78 is 6.68. The van der Waals surface area contributed by atoms with Crippen LogP contribution in [-0.4, -0.2) is 55.5 Å². The Kier molecular flexibility index (Phi) is 12.9. The highest BCUT2D eigenvalue weighted by Crippen LogP contribution is 2.68. The number of nitrogens with two attached hydrogens (primary N) is 1. The molecule has 4 fully saturated rings. The predicted molar refractivity (Wildman–Crippen MR) is 193 cm³/mol. The summed E-state index contributed by atoms with van der Waals surface area (Å²) in [4.78, 5) is 13.7. The van der Waals surface area contributed by atoms with Gasteiger partial charge in [-0.2, -0.15) is 0 Å². The van der Waals surface area contributed by atoms with E-state index in [1.165, 1.54) is 44.9 Å². The third-order valence-corrected chi connectivity index (χ3v) is 14.1. The summed E-state index contributed by atoms with van der Waals surface area (Å²) in [5, 5.41) is 18.1. The first-order valence-electron chi connectivity index (χ1n) is 19.7. The Morgan fingerprint density at radius 3 is 2.38 bits per heavy atom. The van der Waals surface area contributed by atoms with Gasteiger partial charge in [0.1, 0.15) is 6.10 Å². The van der Waals surface area contributed by atoms with Crippen molar-refractivity contribution in [3.05, 3.63) is 35.9 Å². The number of aliphatic hydroxyl groups is 1. The Labute approximate surface area is 287 Å². The van der Waals surface area contributed by atoms with Crippen molar-refractivity contribution < 1.29 is 14.6 Å². The fourth-order valence-corrected chi connectivity index (χ4v) is 11.3. The van der Waals surface area contributed by atoms with Crippen LogP contribution in [0.2, 0.25) is 0 Å². The summed E-state index contributed by atoms with van der Waals surface area (Å²) in [5.41, 5.74) is 6.90. The maximum Gasteiger partial charge on any atom is 0.338 e. The summed E-state index contributed by atoms with van der Waals surface area (Å²) in [6, 6.07) is 10.2. The maximum absolute atomic E-state index is 13.7. The zero-order valence-corrected chi connectivity index (χ0v) is 30.5. The monoisotopic (exact) mass is 652 g/mol. The highest BCUT2D eigenvalue weighted by Gasteiger charge is 2.63. The molecule has 0 aromatic heterocycles. The van der Waals surface area contributed by atoms with Crippen LogP contribution in [0.1, 0.15) is 128 Å². The van der Waals surface area contributed by atoms with Crippen molar-refractivity contribution in [3.8, 4) is 0 Å². The molecule has 4 aliphatic carbocycles. The number of fused-ring (bicyclic) bond motifs is 5. The number of hydrogen-bond donors (Lipinski definition) is 4. The highest BCUT2D eigenvalue weighted by molar-refractivity contribution is 5.89. The second kappa shape index (κ2) is 16.5. The average molecular weight is 652 g/mol. The SMILES string of the molecule is CC(C)C(O)CC[C@H](C)[C@H]1CCC2C3C(OC(=O)c4ccccc4)CC4C[C@@H](NCCCNCCCCN)CC[C@]4(C)C3CC[C@@]21C. The molecule has 4 saturated carbocycles. The first-order chi connectivity index (χ1) is 22.6. The van der Waals surface area contributed by atoms with Gasteiger partial charge in [0.15, 0.2) is 0 Å². The van der Waals surface area contributed by atoms with Crippen molar-refractivity contribution in [3.63, 3.8) is 0 Å². The zero-order valence-electron chi connectivity index (χ0n) is 30.5. The molecule has 1 aromatic rings. The summed E-state index contributed by atoms with van der Waals surface area (Å²) in [6.45, 7) is 15.9. The lowest BCUT2D eigenvalue weighted by Crippen LogP contribution is -2.60. The molecule has 1 aromatic carbocycles. The van der Waals surface area contributed by atoms with Crippen LogP contribution >= 0.6 is 0 Å². The number of hydrogen-bond acceptors (Lipinski definition) is 6. The molecule has 266 valence electrons. The van der Waals surface area contributed by atoms with E-state index in [-0.39, 0.29) is 23.6 Å². The molecule has 0 aliphatic heterocycles. The first kappa shape index (κ1) is 36.8. The van der Waals surface area contributed by atoms with Gasteiger partial charge >= 0.3 is 5.97 Å². The topological polar surface area (TPSA) is 96.6 Å². The number of carbonyl (C=O) groups is 1. The number of rotatable bonds is 16. The van der Waals surface area contributed by atoms with E-state index in [9.17, 15) is 9.90 Å². The van der Waals surface area contributed by atoms with E-state index in [4.69, 9.17) is 10.5 Å². The molecule has 5 rings (SSSR count). The minimum absolute atomic E-state index is 0.0105. The van der Waals surface area contributed by atoms with Crippen molar-refractivity contribution in [1.29, 1.82) is 0 Å². The van der Waals surface area contributed by atoms with Crippen LogP contribution in [-0.2, 0) is 4.74 Å². The molecule has 6 unspecified atom stereocenters. The minimum Gasteiger partial charge on any atom is -0.458 e. The number of carbonyl (C=O) groups excluding carboxylic acids is 1. The van der Waals surface area contributed by atoms with Crippen molar-refractivity contribution >= 4 is 5.97 Å². The number of benzene rings is 1. The van der Waals surface area contributed by atoms with Crippen LogP contribution in [0.3, 0.4) is 0 Å². The van der Waals surface area contributed by atoms with E-state index >= 15 is 0 Å². The summed E-state index contributed by atoms with van der Waals surface area (Å²) >= 11 is 0. The third kappa shape index (κ3) is 8.30. The largest absolute Gasteiger partial charge is 0.458 e. The molecule has 5 N–H and O–H groups in total. The quantitative estimate of drug-likeness (QED) is 0.109. The number of unbranched alkanes of at least 4 members (excludes halogenated alkanes) is 1. The molecule has 6 heteroatoms. The predicted octanol–water partition coefficient (Wildman–Crippen LogP) is 7.59. The van der Waals surface area contributed by atoms with Gasteiger partial charge in [-0.25, -0.2) is 4.79 Å². The van der Waals surface area contributed by atoms with Crippen molar-refractivity contribution in [2.24, 2.45) is 58.0 Å². The van der Waals surface area contributed by atoms with Crippen LogP contribution in [0.15, 0.2) is 30.3 Å². The van der Waals surface area contributed by atoms with Gasteiger partial charge in [0.25, 0.3) is 0 Å². The van der Waals surface area contributed by atoms with E-state index in [1.807, 2.05) is 30.3 Å². The molecule has 0 saturated heterocycles. The summed E-state index contributed by atoms with van der Waals surface area (Å²) in [7, 11) is 0. The number of nitrogens with one attached hydrogen (secondary N) is 2. The Morgan fingerprint density at radius 1 is 0.915 bits per heavy atom. The Bertz CT molecular complexity index is 1110. The second-order valence-electron chi connectivity index (χ2n) is 17.2. The fourth-order valence-electron chi connectivity index (χ4n) is 11.3. The lowest BCUT2D eigenvalue weighted by molar-refractivity contribution is -0.168. The molecule has 47 heavy (non-hydrogen) atoms. The fraction of sp³-hybridized carbons (Fsp3) is 0.829. The molecule has 0 spiro atoms. The van der Waals surface area contributed by atoms with Crippen molar-refractivity contribution in [1.82, 2.24) is 10.6 Å². The van der Waals surface area contributed by atoms with Crippen LogP contribution in [0.4, 0.5) is 0 Å². The van der Waals surface area contributed by atoms with Gasteiger partial charge in [0.05, 0.1) is 11.7 Å². The van der Waals surface area contributed by atoms with Crippen molar-refractivity contribution in [2.75, 3.05) is 26.2 Å². The highest BCUT2D eigenvalue weighted by atomic mass is 16.5. The first-order valence-corrected chi connectivity index (χ1v) is 19.7. The molecule has 4 aliphatic rings. The van der Waals surface area contributed by atoms with E-state index in [2.05, 4.69) is 45.3 Å². The zero-order chi connectivity index (χ0) is 33.6. The lowest BCUT2D eigenvalue weighted by atomic mass is 9.43. The van der Waals surface area contributed by atoms with Gasteiger partial charge in [-0.05, 0) is 168 Å². The van der Waals surface area contributed by atoms with E-state index in [1.54, 1.807) is 0 Å². The maximum atomic E-state index is 13.7. The number of aliphatic hydroxyl groups excluding tert-OH is 1. The third-order valence-electron chi connectivity index (χ3n) is 14.1. The van der Waals surface area contributed by atoms with E-state index < -0.39 is 0 Å². The van der Waals surface area contributed by atoms with E-state index in [0.29, 0.717) is 58.4 Å². The number of ether oxygens (including phenoxy) is 1. The molecule has 0 heterocycles. The van der Waals surface area contributed by atoms with Gasteiger partial charge < -0.3 is 26.2 Å². The molecule has 0 bridgehead atoms. The summed E-state index contributed by atoms with van der Waals surface area (Å²) in [6.07, 6.45) is 15.0. The van der Waals surface area contributed by atoms with Gasteiger partial charge in [-0.15, -0.1) is 0 Å². The second-order valence-corrected chi connectivity index (χ2v) is 17.2. The molecular formula is C41H69N3O3. The van der Waals surface area contributed by atoms with Gasteiger partial charge in [-0.3, -0.25) is 0 Å². The molecule has 0 radical (unpaired) electrons.